The second kappa shape index (κ2) is 8.54. The molecule has 0 bridgehead atoms. The van der Waals surface area contributed by atoms with Crippen LogP contribution in [0.4, 0.5) is 26.7 Å². The van der Waals surface area contributed by atoms with Crippen molar-refractivity contribution in [3.05, 3.63) is 29.1 Å². The number of benzene rings is 1. The molecule has 29 heavy (non-hydrogen) atoms. The first-order chi connectivity index (χ1) is 13.3. The molecule has 10 heteroatoms. The highest BCUT2D eigenvalue weighted by Crippen LogP contribution is 2.31. The molecule has 2 atom stereocenters. The van der Waals surface area contributed by atoms with E-state index >= 15 is 0 Å². The van der Waals surface area contributed by atoms with E-state index in [9.17, 15) is 31.5 Å². The molecule has 0 saturated carbocycles. The van der Waals surface area contributed by atoms with Crippen molar-refractivity contribution < 1.29 is 41.0 Å². The molecule has 1 aliphatic rings. The van der Waals surface area contributed by atoms with E-state index in [4.69, 9.17) is 4.74 Å². The van der Waals surface area contributed by atoms with Crippen LogP contribution in [0.15, 0.2) is 0 Å². The Morgan fingerprint density at radius 2 is 1.48 bits per heavy atom. The van der Waals surface area contributed by atoms with Crippen molar-refractivity contribution >= 4 is 12.1 Å². The number of carbonyl (C=O) groups is 2. The summed E-state index contributed by atoms with van der Waals surface area (Å²) < 4.78 is 76.8. The monoisotopic (exact) mass is 423 g/mol. The first-order valence-electron chi connectivity index (χ1n) is 9.07. The SMILES string of the molecule is C[C@@H]1CCC[C@@H](CC(=O)Oc2c(F)c(F)c(F)c(F)c2F)N1C(=O)OC(C)(C)C. The summed E-state index contributed by atoms with van der Waals surface area (Å²) >= 11 is 0. The highest BCUT2D eigenvalue weighted by Gasteiger charge is 2.37. The molecule has 1 aromatic rings. The van der Waals surface area contributed by atoms with Gasteiger partial charge in [0.05, 0.1) is 6.42 Å². The van der Waals surface area contributed by atoms with Gasteiger partial charge in [-0.1, -0.05) is 0 Å². The maximum Gasteiger partial charge on any atom is 0.410 e. The molecule has 0 aliphatic carbocycles. The molecule has 0 aromatic heterocycles. The molecular weight excluding hydrogens is 401 g/mol. The lowest BCUT2D eigenvalue weighted by Gasteiger charge is -2.40. The second-order valence-electron chi connectivity index (χ2n) is 7.90. The Labute approximate surface area is 164 Å². The lowest BCUT2D eigenvalue weighted by Crippen LogP contribution is -2.51. The largest absolute Gasteiger partial charge is 0.444 e. The van der Waals surface area contributed by atoms with Gasteiger partial charge in [0.2, 0.25) is 34.8 Å². The molecule has 5 nitrogen and oxygen atoms in total. The van der Waals surface area contributed by atoms with Crippen LogP contribution in [-0.2, 0) is 9.53 Å². The van der Waals surface area contributed by atoms with Crippen molar-refractivity contribution in [1.29, 1.82) is 0 Å². The van der Waals surface area contributed by atoms with Crippen LogP contribution in [0.1, 0.15) is 53.4 Å². The number of likely N-dealkylation sites (tertiary alicyclic amines) is 1. The Bertz CT molecular complexity index is 780. The number of hydrogen-bond acceptors (Lipinski definition) is 4. The average molecular weight is 423 g/mol. The molecule has 0 radical (unpaired) electrons. The summed E-state index contributed by atoms with van der Waals surface area (Å²) in [4.78, 5) is 26.0. The number of nitrogens with zero attached hydrogens (tertiary/aromatic N) is 1. The van der Waals surface area contributed by atoms with E-state index in [-0.39, 0.29) is 6.04 Å². The van der Waals surface area contributed by atoms with Gasteiger partial charge in [-0.2, -0.15) is 8.78 Å². The van der Waals surface area contributed by atoms with Gasteiger partial charge in [0.1, 0.15) is 5.60 Å². The van der Waals surface area contributed by atoms with Gasteiger partial charge < -0.3 is 14.4 Å². The zero-order chi connectivity index (χ0) is 22.1. The Balaban J connectivity index is 2.19. The van der Waals surface area contributed by atoms with Crippen molar-refractivity contribution in [2.75, 3.05) is 0 Å². The summed E-state index contributed by atoms with van der Waals surface area (Å²) in [6, 6.07) is -0.979. The third-order valence-electron chi connectivity index (χ3n) is 4.42. The van der Waals surface area contributed by atoms with Crippen molar-refractivity contribution in [3.63, 3.8) is 0 Å². The highest BCUT2D eigenvalue weighted by atomic mass is 19.2. The zero-order valence-corrected chi connectivity index (χ0v) is 16.5. The predicted molar refractivity (Wildman–Crippen MR) is 91.7 cm³/mol. The van der Waals surface area contributed by atoms with E-state index in [1.807, 2.05) is 0 Å². The van der Waals surface area contributed by atoms with Gasteiger partial charge in [-0.15, -0.1) is 0 Å². The topological polar surface area (TPSA) is 55.8 Å². The molecule has 1 amide bonds. The summed E-state index contributed by atoms with van der Waals surface area (Å²) in [5.41, 5.74) is -0.783. The molecule has 1 aromatic carbocycles. The number of rotatable bonds is 3. The van der Waals surface area contributed by atoms with E-state index < -0.39 is 65.0 Å². The predicted octanol–water partition coefficient (Wildman–Crippen LogP) is 4.86. The Morgan fingerprint density at radius 3 is 2.00 bits per heavy atom. The van der Waals surface area contributed by atoms with E-state index in [0.717, 1.165) is 0 Å². The minimum absolute atomic E-state index is 0.273. The van der Waals surface area contributed by atoms with Gasteiger partial charge in [0.25, 0.3) is 0 Å². The standard InChI is InChI=1S/C19H22F5NO4/c1-9-6-5-7-10(25(9)18(27)29-19(2,3)4)8-11(26)28-17-15(23)13(21)12(20)14(22)16(17)24/h9-10H,5-8H2,1-4H3/t9-,10+/m1/s1. The average Bonchev–Trinajstić information content (AvgIpc) is 2.60. The van der Waals surface area contributed by atoms with Crippen LogP contribution in [0.3, 0.4) is 0 Å². The van der Waals surface area contributed by atoms with Crippen LogP contribution in [0.2, 0.25) is 0 Å². The first-order valence-corrected chi connectivity index (χ1v) is 9.07. The van der Waals surface area contributed by atoms with Crippen LogP contribution in [-0.4, -0.2) is 34.6 Å². The molecule has 0 N–H and O–H groups in total. The fraction of sp³-hybridized carbons (Fsp3) is 0.579. The number of hydrogen-bond donors (Lipinski definition) is 0. The Kier molecular flexibility index (Phi) is 6.74. The van der Waals surface area contributed by atoms with E-state index in [2.05, 4.69) is 4.74 Å². The summed E-state index contributed by atoms with van der Waals surface area (Å²) in [5.74, 6) is -14.2. The summed E-state index contributed by atoms with van der Waals surface area (Å²) in [7, 11) is 0. The minimum atomic E-state index is -2.35. The van der Waals surface area contributed by atoms with Gasteiger partial charge >= 0.3 is 12.1 Å². The fourth-order valence-electron chi connectivity index (χ4n) is 3.15. The lowest BCUT2D eigenvalue weighted by atomic mass is 9.95. The van der Waals surface area contributed by atoms with Gasteiger partial charge in [0, 0.05) is 12.1 Å². The zero-order valence-electron chi connectivity index (χ0n) is 16.5. The van der Waals surface area contributed by atoms with Crippen LogP contribution in [0.25, 0.3) is 0 Å². The molecule has 162 valence electrons. The lowest BCUT2D eigenvalue weighted by molar-refractivity contribution is -0.136. The Hall–Kier alpha value is -2.39. The van der Waals surface area contributed by atoms with Crippen LogP contribution >= 0.6 is 0 Å². The third-order valence-corrected chi connectivity index (χ3v) is 4.42. The minimum Gasteiger partial charge on any atom is -0.444 e. The molecule has 0 unspecified atom stereocenters. The maximum absolute atomic E-state index is 13.7. The fourth-order valence-corrected chi connectivity index (χ4v) is 3.15. The summed E-state index contributed by atoms with van der Waals surface area (Å²) in [6.45, 7) is 6.77. The van der Waals surface area contributed by atoms with E-state index in [1.54, 1.807) is 27.7 Å². The third kappa shape index (κ3) is 5.16. The van der Waals surface area contributed by atoms with Gasteiger partial charge in [-0.25, -0.2) is 18.0 Å². The van der Waals surface area contributed by atoms with Gasteiger partial charge in [-0.05, 0) is 47.0 Å². The molecular formula is C19H22F5NO4. The summed E-state index contributed by atoms with van der Waals surface area (Å²) in [5, 5.41) is 0. The quantitative estimate of drug-likeness (QED) is 0.229. The normalized spacial score (nSPS) is 19.8. The number of piperidine rings is 1. The highest BCUT2D eigenvalue weighted by molar-refractivity contribution is 5.75. The Morgan fingerprint density at radius 1 is 0.966 bits per heavy atom. The smallest absolute Gasteiger partial charge is 0.410 e. The molecule has 2 rings (SSSR count). The molecule has 1 saturated heterocycles. The van der Waals surface area contributed by atoms with Gasteiger partial charge in [0.15, 0.2) is 0 Å². The number of esters is 1. The van der Waals surface area contributed by atoms with Crippen LogP contribution in [0, 0.1) is 29.1 Å². The molecule has 1 heterocycles. The van der Waals surface area contributed by atoms with Crippen molar-refractivity contribution in [2.45, 2.75) is 71.1 Å². The maximum atomic E-state index is 13.7. The number of halogens is 5. The van der Waals surface area contributed by atoms with Crippen LogP contribution < -0.4 is 4.74 Å². The van der Waals surface area contributed by atoms with Crippen LogP contribution in [0.5, 0.6) is 5.75 Å². The van der Waals surface area contributed by atoms with Crippen molar-refractivity contribution in [1.82, 2.24) is 4.90 Å². The second-order valence-corrected chi connectivity index (χ2v) is 7.90. The first kappa shape index (κ1) is 22.9. The molecule has 1 aliphatic heterocycles. The number of amides is 1. The van der Waals surface area contributed by atoms with Gasteiger partial charge in [-0.3, -0.25) is 4.79 Å². The van der Waals surface area contributed by atoms with E-state index in [0.29, 0.717) is 19.3 Å². The summed E-state index contributed by atoms with van der Waals surface area (Å²) in [6.07, 6.45) is 0.543. The number of ether oxygens (including phenoxy) is 2. The van der Waals surface area contributed by atoms with Crippen molar-refractivity contribution in [3.8, 4) is 5.75 Å². The molecule has 0 spiro atoms. The van der Waals surface area contributed by atoms with Crippen molar-refractivity contribution in [2.24, 2.45) is 0 Å². The number of carbonyl (C=O) groups excluding carboxylic acids is 2. The molecule has 1 fully saturated rings. The van der Waals surface area contributed by atoms with E-state index in [1.165, 1.54) is 4.90 Å².